The first-order valence-electron chi connectivity index (χ1n) is 5.91. The lowest BCUT2D eigenvalue weighted by molar-refractivity contribution is 0.510. The molecule has 75 valence electrons. The van der Waals surface area contributed by atoms with Crippen molar-refractivity contribution in [1.29, 1.82) is 0 Å². The normalized spacial score (nSPS) is 40.9. The zero-order chi connectivity index (χ0) is 9.95. The van der Waals surface area contributed by atoms with E-state index in [2.05, 4.69) is 35.0 Å². The van der Waals surface area contributed by atoms with Gasteiger partial charge in [0.05, 0.1) is 0 Å². The Morgan fingerprint density at radius 1 is 0.923 bits per heavy atom. The summed E-state index contributed by atoms with van der Waals surface area (Å²) in [7, 11) is 2.66. The van der Waals surface area contributed by atoms with Crippen molar-refractivity contribution in [1.82, 2.24) is 0 Å². The average Bonchev–Trinajstić information content (AvgIpc) is 2.27. The van der Waals surface area contributed by atoms with Crippen molar-refractivity contribution in [2.45, 2.75) is 76.8 Å². The quantitative estimate of drug-likeness (QED) is 0.549. The molecule has 0 aromatic rings. The molecule has 0 bridgehead atoms. The number of hydrogen-bond donors (Lipinski definition) is 0. The summed E-state index contributed by atoms with van der Waals surface area (Å²) >= 11 is 0. The van der Waals surface area contributed by atoms with Gasteiger partial charge in [-0.3, -0.25) is 0 Å². The van der Waals surface area contributed by atoms with Gasteiger partial charge in [-0.1, -0.05) is 76.8 Å². The van der Waals surface area contributed by atoms with Gasteiger partial charge in [-0.05, 0) is 0 Å². The van der Waals surface area contributed by atoms with Gasteiger partial charge in [-0.15, -0.1) is 0 Å². The van der Waals surface area contributed by atoms with Crippen LogP contribution in [0.25, 0.3) is 0 Å². The van der Waals surface area contributed by atoms with E-state index in [1.54, 1.807) is 0 Å². The van der Waals surface area contributed by atoms with Gasteiger partial charge in [-0.2, -0.15) is 0 Å². The fourth-order valence-corrected chi connectivity index (χ4v) is 2.60. The summed E-state index contributed by atoms with van der Waals surface area (Å²) in [6.45, 7) is 9.54. The Morgan fingerprint density at radius 3 is 1.62 bits per heavy atom. The smallest absolute Gasteiger partial charge is 0.0669 e. The van der Waals surface area contributed by atoms with Crippen molar-refractivity contribution >= 4 is 7.28 Å². The largest absolute Gasteiger partial charge is 0.125 e. The van der Waals surface area contributed by atoms with Crippen LogP contribution < -0.4 is 0 Å². The molecular weight excluding hydrogens is 155 g/mol. The van der Waals surface area contributed by atoms with Gasteiger partial charge >= 0.3 is 0 Å². The highest BCUT2D eigenvalue weighted by Crippen LogP contribution is 2.49. The standard InChI is InChI=1S/C12H24B/c1-5-11(3)9-7-8-10-12(4,6-2)13-11/h5-10H2,1-4H3. The molecule has 0 spiro atoms. The van der Waals surface area contributed by atoms with Gasteiger partial charge in [0.15, 0.2) is 0 Å². The highest BCUT2D eigenvalue weighted by molar-refractivity contribution is 6.44. The predicted molar refractivity (Wildman–Crippen MR) is 61.5 cm³/mol. The lowest BCUT2D eigenvalue weighted by atomic mass is 9.38. The summed E-state index contributed by atoms with van der Waals surface area (Å²) in [5.74, 6) is 0. The second kappa shape index (κ2) is 4.06. The minimum atomic E-state index is 0.515. The summed E-state index contributed by atoms with van der Waals surface area (Å²) in [6, 6.07) is 0. The number of hydrogen-bond acceptors (Lipinski definition) is 0. The molecule has 1 fully saturated rings. The molecule has 0 nitrogen and oxygen atoms in total. The fraction of sp³-hybridized carbons (Fsp3) is 1.00. The van der Waals surface area contributed by atoms with Crippen molar-refractivity contribution in [3.05, 3.63) is 0 Å². The first-order valence-corrected chi connectivity index (χ1v) is 5.91. The Kier molecular flexibility index (Phi) is 3.48. The summed E-state index contributed by atoms with van der Waals surface area (Å²) < 4.78 is 0. The minimum absolute atomic E-state index is 0.515. The van der Waals surface area contributed by atoms with Crippen LogP contribution in [0.4, 0.5) is 0 Å². The van der Waals surface area contributed by atoms with E-state index in [0.29, 0.717) is 10.6 Å². The topological polar surface area (TPSA) is 0 Å². The Balaban J connectivity index is 2.70. The van der Waals surface area contributed by atoms with Crippen molar-refractivity contribution < 1.29 is 0 Å². The van der Waals surface area contributed by atoms with E-state index in [1.165, 1.54) is 38.5 Å². The van der Waals surface area contributed by atoms with Crippen LogP contribution >= 0.6 is 0 Å². The molecule has 0 aliphatic carbocycles. The van der Waals surface area contributed by atoms with Crippen LogP contribution in [0, 0.1) is 0 Å². The molecule has 1 saturated heterocycles. The van der Waals surface area contributed by atoms with E-state index >= 15 is 0 Å². The predicted octanol–water partition coefficient (Wildman–Crippen LogP) is 4.44. The Hall–Kier alpha value is 0.0649. The highest BCUT2D eigenvalue weighted by Gasteiger charge is 2.36. The van der Waals surface area contributed by atoms with Crippen molar-refractivity contribution in [3.8, 4) is 0 Å². The maximum atomic E-state index is 2.66. The Bertz CT molecular complexity index is 149. The molecule has 1 heteroatoms. The molecule has 2 unspecified atom stereocenters. The maximum absolute atomic E-state index is 2.66. The van der Waals surface area contributed by atoms with Gasteiger partial charge in [0.2, 0.25) is 0 Å². The average molecular weight is 179 g/mol. The zero-order valence-electron chi connectivity index (χ0n) is 9.82. The second-order valence-electron chi connectivity index (χ2n) is 5.37. The lowest BCUT2D eigenvalue weighted by Crippen LogP contribution is -2.25. The van der Waals surface area contributed by atoms with Crippen LogP contribution in [0.5, 0.6) is 0 Å². The Labute approximate surface area is 84.7 Å². The third-order valence-corrected chi connectivity index (χ3v) is 4.06. The van der Waals surface area contributed by atoms with Crippen molar-refractivity contribution in [2.75, 3.05) is 0 Å². The summed E-state index contributed by atoms with van der Waals surface area (Å²) in [5, 5.41) is 1.03. The Morgan fingerprint density at radius 2 is 1.31 bits per heavy atom. The molecule has 0 amide bonds. The van der Waals surface area contributed by atoms with Crippen LogP contribution in [0.2, 0.25) is 10.6 Å². The molecule has 0 saturated carbocycles. The van der Waals surface area contributed by atoms with Gasteiger partial charge in [0, 0.05) is 0 Å². The molecule has 1 aliphatic rings. The summed E-state index contributed by atoms with van der Waals surface area (Å²) in [4.78, 5) is 0. The highest BCUT2D eigenvalue weighted by atomic mass is 14.3. The lowest BCUT2D eigenvalue weighted by Gasteiger charge is -2.35. The molecule has 13 heavy (non-hydrogen) atoms. The fourth-order valence-electron chi connectivity index (χ4n) is 2.60. The SMILES string of the molecule is CCC1(C)[B]C(C)(CC)CCCC1. The molecule has 2 atom stereocenters. The van der Waals surface area contributed by atoms with Gasteiger partial charge in [0.1, 0.15) is 7.28 Å². The maximum Gasteiger partial charge on any atom is 0.125 e. The molecule has 0 N–H and O–H groups in total. The van der Waals surface area contributed by atoms with Gasteiger partial charge in [-0.25, -0.2) is 0 Å². The third-order valence-electron chi connectivity index (χ3n) is 4.06. The summed E-state index contributed by atoms with van der Waals surface area (Å²) in [6.07, 6.45) is 8.27. The molecule has 1 aliphatic heterocycles. The van der Waals surface area contributed by atoms with E-state index < -0.39 is 0 Å². The third kappa shape index (κ3) is 2.75. The first kappa shape index (κ1) is 11.1. The van der Waals surface area contributed by atoms with E-state index in [9.17, 15) is 0 Å². The minimum Gasteiger partial charge on any atom is -0.0669 e. The summed E-state index contributed by atoms with van der Waals surface area (Å²) in [5.41, 5.74) is 0. The molecule has 1 radical (unpaired) electrons. The molecule has 0 aromatic heterocycles. The van der Waals surface area contributed by atoms with E-state index in [4.69, 9.17) is 0 Å². The van der Waals surface area contributed by atoms with Gasteiger partial charge < -0.3 is 0 Å². The molecular formula is C12H24B. The first-order chi connectivity index (χ1) is 6.04. The molecule has 0 aromatic carbocycles. The van der Waals surface area contributed by atoms with E-state index in [-0.39, 0.29) is 0 Å². The number of rotatable bonds is 2. The van der Waals surface area contributed by atoms with Crippen molar-refractivity contribution in [2.24, 2.45) is 0 Å². The van der Waals surface area contributed by atoms with Gasteiger partial charge in [0.25, 0.3) is 0 Å². The van der Waals surface area contributed by atoms with Crippen LogP contribution in [0.1, 0.15) is 66.2 Å². The van der Waals surface area contributed by atoms with E-state index in [1.807, 2.05) is 0 Å². The monoisotopic (exact) mass is 179 g/mol. The van der Waals surface area contributed by atoms with Crippen LogP contribution in [0.3, 0.4) is 0 Å². The van der Waals surface area contributed by atoms with Crippen LogP contribution in [-0.4, -0.2) is 7.28 Å². The molecule has 1 heterocycles. The van der Waals surface area contributed by atoms with Crippen molar-refractivity contribution in [3.63, 3.8) is 0 Å². The van der Waals surface area contributed by atoms with Crippen LogP contribution in [-0.2, 0) is 0 Å². The van der Waals surface area contributed by atoms with E-state index in [0.717, 1.165) is 0 Å². The van der Waals surface area contributed by atoms with Crippen LogP contribution in [0.15, 0.2) is 0 Å². The molecule has 1 rings (SSSR count). The zero-order valence-corrected chi connectivity index (χ0v) is 9.82. The second-order valence-corrected chi connectivity index (χ2v) is 5.37.